The highest BCUT2D eigenvalue weighted by atomic mass is 19.1. The second kappa shape index (κ2) is 8.31. The zero-order chi connectivity index (χ0) is 22.0. The van der Waals surface area contributed by atoms with Gasteiger partial charge >= 0.3 is 0 Å². The van der Waals surface area contributed by atoms with E-state index in [1.54, 1.807) is 54.6 Å². The molecule has 4 rings (SSSR count). The van der Waals surface area contributed by atoms with Crippen LogP contribution >= 0.6 is 0 Å². The molecule has 3 aromatic rings. The van der Waals surface area contributed by atoms with E-state index in [2.05, 4.69) is 5.32 Å². The maximum Gasteiger partial charge on any atom is 0.282 e. The Kier molecular flexibility index (Phi) is 5.41. The summed E-state index contributed by atoms with van der Waals surface area (Å²) in [5.41, 5.74) is 1.07. The number of hydrogen-bond donors (Lipinski definition) is 1. The molecule has 1 heterocycles. The Bertz CT molecular complexity index is 1190. The lowest BCUT2D eigenvalue weighted by atomic mass is 10.0. The molecule has 2 amide bonds. The third kappa shape index (κ3) is 3.61. The van der Waals surface area contributed by atoms with Crippen molar-refractivity contribution >= 4 is 28.8 Å². The van der Waals surface area contributed by atoms with Crippen LogP contribution in [0.5, 0.6) is 11.5 Å². The topological polar surface area (TPSA) is 67.9 Å². The molecule has 6 nitrogen and oxygen atoms in total. The minimum atomic E-state index is -0.667. The van der Waals surface area contributed by atoms with Crippen LogP contribution in [0.3, 0.4) is 0 Å². The number of para-hydroxylation sites is 1. The predicted octanol–water partition coefficient (Wildman–Crippen LogP) is 4.24. The summed E-state index contributed by atoms with van der Waals surface area (Å²) >= 11 is 0. The smallest absolute Gasteiger partial charge is 0.282 e. The first-order valence-corrected chi connectivity index (χ1v) is 9.47. The van der Waals surface area contributed by atoms with Gasteiger partial charge in [-0.2, -0.15) is 0 Å². The average Bonchev–Trinajstić information content (AvgIpc) is 3.04. The Labute approximate surface area is 178 Å². The summed E-state index contributed by atoms with van der Waals surface area (Å²) in [5, 5.41) is 3.02. The van der Waals surface area contributed by atoms with E-state index < -0.39 is 17.6 Å². The van der Waals surface area contributed by atoms with Crippen molar-refractivity contribution in [2.45, 2.75) is 0 Å². The van der Waals surface area contributed by atoms with Crippen LogP contribution in [0.4, 0.5) is 15.8 Å². The molecule has 0 atom stereocenters. The van der Waals surface area contributed by atoms with Gasteiger partial charge in [-0.15, -0.1) is 0 Å². The highest BCUT2D eigenvalue weighted by molar-refractivity contribution is 6.46. The fourth-order valence-corrected chi connectivity index (χ4v) is 3.41. The fourth-order valence-electron chi connectivity index (χ4n) is 3.41. The van der Waals surface area contributed by atoms with E-state index in [9.17, 15) is 14.0 Å². The number of nitrogens with one attached hydrogen (secondary N) is 1. The zero-order valence-electron chi connectivity index (χ0n) is 16.9. The summed E-state index contributed by atoms with van der Waals surface area (Å²) in [6.45, 7) is 0. The van der Waals surface area contributed by atoms with Crippen LogP contribution in [0.15, 0.2) is 78.5 Å². The summed E-state index contributed by atoms with van der Waals surface area (Å²) in [7, 11) is 3.02. The maximum atomic E-state index is 14.5. The number of carbonyl (C=O) groups excluding carboxylic acids is 2. The summed E-state index contributed by atoms with van der Waals surface area (Å²) in [6, 6.07) is 19.5. The summed E-state index contributed by atoms with van der Waals surface area (Å²) < 4.78 is 25.1. The second-order valence-corrected chi connectivity index (χ2v) is 6.70. The minimum absolute atomic E-state index is 0.0305. The van der Waals surface area contributed by atoms with Crippen molar-refractivity contribution in [2.24, 2.45) is 0 Å². The van der Waals surface area contributed by atoms with Gasteiger partial charge in [0.2, 0.25) is 0 Å². The molecule has 1 aliphatic heterocycles. The van der Waals surface area contributed by atoms with E-state index in [-0.39, 0.29) is 17.0 Å². The molecule has 1 N–H and O–H groups in total. The van der Waals surface area contributed by atoms with Crippen LogP contribution < -0.4 is 19.7 Å². The van der Waals surface area contributed by atoms with Gasteiger partial charge in [0, 0.05) is 6.07 Å². The Morgan fingerprint density at radius 2 is 1.55 bits per heavy atom. The number of imide groups is 1. The Hall–Kier alpha value is -4.13. The van der Waals surface area contributed by atoms with Gasteiger partial charge in [-0.25, -0.2) is 9.29 Å². The molecule has 31 heavy (non-hydrogen) atoms. The molecule has 0 saturated heterocycles. The summed E-state index contributed by atoms with van der Waals surface area (Å²) in [6.07, 6.45) is 0. The van der Waals surface area contributed by atoms with Crippen molar-refractivity contribution in [2.75, 3.05) is 24.4 Å². The van der Waals surface area contributed by atoms with Crippen LogP contribution in [-0.4, -0.2) is 26.0 Å². The molecule has 1 aliphatic rings. The first kappa shape index (κ1) is 20.2. The van der Waals surface area contributed by atoms with E-state index in [1.165, 1.54) is 32.4 Å². The van der Waals surface area contributed by atoms with Crippen molar-refractivity contribution in [3.63, 3.8) is 0 Å². The third-order valence-corrected chi connectivity index (χ3v) is 4.91. The second-order valence-electron chi connectivity index (χ2n) is 6.70. The first-order chi connectivity index (χ1) is 15.0. The number of halogens is 1. The predicted molar refractivity (Wildman–Crippen MR) is 115 cm³/mol. The number of methoxy groups -OCH3 is 2. The lowest BCUT2D eigenvalue weighted by Gasteiger charge is -2.16. The number of amides is 2. The lowest BCUT2D eigenvalue weighted by molar-refractivity contribution is -0.120. The minimum Gasteiger partial charge on any atom is -0.497 e. The molecular formula is C24H19FN2O4. The van der Waals surface area contributed by atoms with Crippen molar-refractivity contribution in [3.05, 3.63) is 89.9 Å². The molecule has 3 aromatic carbocycles. The highest BCUT2D eigenvalue weighted by Gasteiger charge is 2.41. The number of anilines is 2. The van der Waals surface area contributed by atoms with Crippen LogP contribution in [0.2, 0.25) is 0 Å². The third-order valence-electron chi connectivity index (χ3n) is 4.91. The van der Waals surface area contributed by atoms with Gasteiger partial charge < -0.3 is 14.8 Å². The van der Waals surface area contributed by atoms with Crippen molar-refractivity contribution in [1.82, 2.24) is 0 Å². The first-order valence-electron chi connectivity index (χ1n) is 9.47. The SMILES string of the molecule is COc1ccc(NC2=C(c3ccccc3)C(=O)N(c3ccccc3F)C2=O)c(OC)c1. The summed E-state index contributed by atoms with van der Waals surface area (Å²) in [4.78, 5) is 27.5. The number of nitrogens with zero attached hydrogens (tertiary/aromatic N) is 1. The average molecular weight is 418 g/mol. The largest absolute Gasteiger partial charge is 0.497 e. The zero-order valence-corrected chi connectivity index (χ0v) is 16.9. The molecular weight excluding hydrogens is 399 g/mol. The Balaban J connectivity index is 1.84. The molecule has 156 valence electrons. The summed E-state index contributed by atoms with van der Waals surface area (Å²) in [5.74, 6) is -0.951. The van der Waals surface area contributed by atoms with Gasteiger partial charge in [0.05, 0.1) is 31.2 Å². The molecule has 0 aromatic heterocycles. The quantitative estimate of drug-likeness (QED) is 0.607. The molecule has 0 aliphatic carbocycles. The van der Waals surface area contributed by atoms with Gasteiger partial charge in [0.1, 0.15) is 23.0 Å². The van der Waals surface area contributed by atoms with E-state index in [4.69, 9.17) is 9.47 Å². The number of hydrogen-bond acceptors (Lipinski definition) is 5. The molecule has 0 radical (unpaired) electrons. The van der Waals surface area contributed by atoms with E-state index >= 15 is 0 Å². The number of carbonyl (C=O) groups is 2. The van der Waals surface area contributed by atoms with Crippen molar-refractivity contribution in [1.29, 1.82) is 0 Å². The Morgan fingerprint density at radius 1 is 0.839 bits per heavy atom. The monoisotopic (exact) mass is 418 g/mol. The Morgan fingerprint density at radius 3 is 2.23 bits per heavy atom. The van der Waals surface area contributed by atoms with Crippen LogP contribution in [0.1, 0.15) is 5.56 Å². The van der Waals surface area contributed by atoms with Crippen LogP contribution in [0, 0.1) is 5.82 Å². The number of ether oxygens (including phenoxy) is 2. The molecule has 0 unspecified atom stereocenters. The standard InChI is InChI=1S/C24H19FN2O4/c1-30-16-12-13-18(20(14-16)31-2)26-22-21(15-8-4-3-5-9-15)23(28)27(24(22)29)19-11-7-6-10-17(19)25/h3-14,26H,1-2H3. The maximum absolute atomic E-state index is 14.5. The molecule has 0 bridgehead atoms. The molecule has 0 saturated carbocycles. The molecule has 0 fully saturated rings. The van der Waals surface area contributed by atoms with Crippen LogP contribution in [-0.2, 0) is 9.59 Å². The van der Waals surface area contributed by atoms with Gasteiger partial charge in [-0.3, -0.25) is 9.59 Å². The van der Waals surface area contributed by atoms with Gasteiger partial charge in [0.25, 0.3) is 11.8 Å². The van der Waals surface area contributed by atoms with E-state index in [0.29, 0.717) is 22.7 Å². The fraction of sp³-hybridized carbons (Fsp3) is 0.0833. The number of rotatable bonds is 6. The van der Waals surface area contributed by atoms with Gasteiger partial charge in [-0.1, -0.05) is 42.5 Å². The number of benzene rings is 3. The van der Waals surface area contributed by atoms with Gasteiger partial charge in [0.15, 0.2) is 0 Å². The van der Waals surface area contributed by atoms with Crippen molar-refractivity contribution in [3.8, 4) is 11.5 Å². The lowest BCUT2D eigenvalue weighted by Crippen LogP contribution is -2.33. The van der Waals surface area contributed by atoms with E-state index in [1.807, 2.05) is 0 Å². The van der Waals surface area contributed by atoms with Crippen LogP contribution in [0.25, 0.3) is 5.57 Å². The van der Waals surface area contributed by atoms with E-state index in [0.717, 1.165) is 4.90 Å². The molecule has 7 heteroatoms. The highest BCUT2D eigenvalue weighted by Crippen LogP contribution is 2.37. The van der Waals surface area contributed by atoms with Gasteiger partial charge in [-0.05, 0) is 29.8 Å². The normalized spacial score (nSPS) is 13.6. The molecule has 0 spiro atoms. The van der Waals surface area contributed by atoms with Crippen molar-refractivity contribution < 1.29 is 23.5 Å².